The van der Waals surface area contributed by atoms with Crippen molar-refractivity contribution < 1.29 is 14.6 Å². The van der Waals surface area contributed by atoms with Gasteiger partial charge in [-0.1, -0.05) is 0 Å². The van der Waals surface area contributed by atoms with Crippen LogP contribution in [0.5, 0.6) is 5.75 Å². The number of ether oxygens (including phenoxy) is 1. The molecule has 2 aliphatic heterocycles. The first-order valence-corrected chi connectivity index (χ1v) is 6.84. The number of anilines is 1. The van der Waals surface area contributed by atoms with E-state index in [4.69, 9.17) is 4.74 Å². The number of nitrogens with zero attached hydrogens (tertiary/aromatic N) is 1. The van der Waals surface area contributed by atoms with Gasteiger partial charge in [0.15, 0.2) is 0 Å². The van der Waals surface area contributed by atoms with Gasteiger partial charge in [0.1, 0.15) is 5.75 Å². The number of hydrogen-bond donors (Lipinski definition) is 1. The van der Waals surface area contributed by atoms with Gasteiger partial charge in [0.2, 0.25) is 0 Å². The van der Waals surface area contributed by atoms with Crippen molar-refractivity contribution in [3.63, 3.8) is 0 Å². The lowest BCUT2D eigenvalue weighted by atomic mass is 9.90. The zero-order valence-corrected chi connectivity index (χ0v) is 11.1. The van der Waals surface area contributed by atoms with Crippen molar-refractivity contribution in [2.75, 3.05) is 12.0 Å². The first kappa shape index (κ1) is 12.3. The van der Waals surface area contributed by atoms with Crippen molar-refractivity contribution in [3.05, 3.63) is 24.3 Å². The average molecular weight is 261 g/mol. The zero-order chi connectivity index (χ0) is 13.4. The number of methoxy groups -OCH3 is 1. The molecule has 0 aliphatic carbocycles. The van der Waals surface area contributed by atoms with Gasteiger partial charge in [0.25, 0.3) is 0 Å². The van der Waals surface area contributed by atoms with Crippen LogP contribution in [0.1, 0.15) is 25.7 Å². The van der Waals surface area contributed by atoms with Crippen molar-refractivity contribution in [2.24, 2.45) is 5.92 Å². The Balaban J connectivity index is 1.81. The molecule has 0 spiro atoms. The van der Waals surface area contributed by atoms with Crippen LogP contribution < -0.4 is 9.64 Å². The predicted molar refractivity (Wildman–Crippen MR) is 72.6 cm³/mol. The lowest BCUT2D eigenvalue weighted by molar-refractivity contribution is -0.142. The SMILES string of the molecule is COc1ccc(N2C3CCC2CC(C(=O)O)C3)cc1. The van der Waals surface area contributed by atoms with Crippen LogP contribution in [-0.2, 0) is 4.79 Å². The summed E-state index contributed by atoms with van der Waals surface area (Å²) >= 11 is 0. The van der Waals surface area contributed by atoms with E-state index in [1.165, 1.54) is 5.69 Å². The van der Waals surface area contributed by atoms with Crippen molar-refractivity contribution in [2.45, 2.75) is 37.8 Å². The van der Waals surface area contributed by atoms with Gasteiger partial charge in [-0.05, 0) is 49.9 Å². The summed E-state index contributed by atoms with van der Waals surface area (Å²) in [6.07, 6.45) is 3.77. The predicted octanol–water partition coefficient (Wildman–Crippen LogP) is 2.53. The fourth-order valence-corrected chi connectivity index (χ4v) is 3.55. The van der Waals surface area contributed by atoms with Crippen LogP contribution in [-0.4, -0.2) is 30.3 Å². The van der Waals surface area contributed by atoms with Crippen LogP contribution in [0.3, 0.4) is 0 Å². The minimum Gasteiger partial charge on any atom is -0.497 e. The van der Waals surface area contributed by atoms with Crippen LogP contribution in [0.4, 0.5) is 5.69 Å². The Morgan fingerprint density at radius 1 is 1.21 bits per heavy atom. The maximum Gasteiger partial charge on any atom is 0.306 e. The monoisotopic (exact) mass is 261 g/mol. The zero-order valence-electron chi connectivity index (χ0n) is 11.1. The van der Waals surface area contributed by atoms with E-state index in [1.807, 2.05) is 12.1 Å². The van der Waals surface area contributed by atoms with Gasteiger partial charge >= 0.3 is 5.97 Å². The molecule has 2 unspecified atom stereocenters. The topological polar surface area (TPSA) is 49.8 Å². The van der Waals surface area contributed by atoms with E-state index >= 15 is 0 Å². The lowest BCUT2D eigenvalue weighted by Crippen LogP contribution is -2.44. The van der Waals surface area contributed by atoms with Gasteiger partial charge in [-0.25, -0.2) is 0 Å². The number of rotatable bonds is 3. The van der Waals surface area contributed by atoms with Gasteiger partial charge in [-0.15, -0.1) is 0 Å². The van der Waals surface area contributed by atoms with Crippen molar-refractivity contribution in [1.82, 2.24) is 0 Å². The highest BCUT2D eigenvalue weighted by Gasteiger charge is 2.42. The Morgan fingerprint density at radius 3 is 2.26 bits per heavy atom. The molecule has 3 rings (SSSR count). The molecule has 102 valence electrons. The Labute approximate surface area is 113 Å². The quantitative estimate of drug-likeness (QED) is 0.908. The number of carboxylic acid groups (broad SMARTS) is 1. The van der Waals surface area contributed by atoms with Crippen LogP contribution in [0.25, 0.3) is 0 Å². The van der Waals surface area contributed by atoms with E-state index in [-0.39, 0.29) is 5.92 Å². The van der Waals surface area contributed by atoms with Gasteiger partial charge < -0.3 is 14.7 Å². The van der Waals surface area contributed by atoms with E-state index in [9.17, 15) is 9.90 Å². The molecule has 4 nitrogen and oxygen atoms in total. The summed E-state index contributed by atoms with van der Waals surface area (Å²) in [6, 6.07) is 8.86. The van der Waals surface area contributed by atoms with Crippen LogP contribution >= 0.6 is 0 Å². The summed E-state index contributed by atoms with van der Waals surface area (Å²) in [5.74, 6) is 0.0646. The highest BCUT2D eigenvalue weighted by atomic mass is 16.5. The van der Waals surface area contributed by atoms with Crippen LogP contribution in [0.15, 0.2) is 24.3 Å². The van der Waals surface area contributed by atoms with Crippen LogP contribution in [0, 0.1) is 5.92 Å². The van der Waals surface area contributed by atoms with Gasteiger partial charge in [0, 0.05) is 17.8 Å². The summed E-state index contributed by atoms with van der Waals surface area (Å²) in [7, 11) is 1.66. The standard InChI is InChI=1S/C15H19NO3/c1-19-14-6-4-11(5-7-14)16-12-2-3-13(16)9-10(8-12)15(17)18/h4-7,10,12-13H,2-3,8-9H2,1H3,(H,17,18). The van der Waals surface area contributed by atoms with E-state index in [1.54, 1.807) is 7.11 Å². The smallest absolute Gasteiger partial charge is 0.306 e. The fraction of sp³-hybridized carbons (Fsp3) is 0.533. The summed E-state index contributed by atoms with van der Waals surface area (Å²) in [4.78, 5) is 13.6. The van der Waals surface area contributed by atoms with Crippen LogP contribution in [0.2, 0.25) is 0 Å². The second-order valence-electron chi connectivity index (χ2n) is 5.50. The third-order valence-corrected chi connectivity index (χ3v) is 4.45. The number of hydrogen-bond acceptors (Lipinski definition) is 3. The molecule has 1 aromatic carbocycles. The molecule has 2 fully saturated rings. The van der Waals surface area contributed by atoms with Gasteiger partial charge in [0.05, 0.1) is 13.0 Å². The highest BCUT2D eigenvalue weighted by molar-refractivity contribution is 5.71. The minimum absolute atomic E-state index is 0.160. The third kappa shape index (κ3) is 2.15. The van der Waals surface area contributed by atoms with Gasteiger partial charge in [-0.3, -0.25) is 4.79 Å². The van der Waals surface area contributed by atoms with E-state index < -0.39 is 5.97 Å². The summed E-state index contributed by atoms with van der Waals surface area (Å²) in [6.45, 7) is 0. The molecule has 0 aromatic heterocycles. The molecule has 2 aliphatic rings. The molecule has 2 heterocycles. The lowest BCUT2D eigenvalue weighted by Gasteiger charge is -2.39. The molecule has 2 saturated heterocycles. The number of piperidine rings is 1. The summed E-state index contributed by atoms with van der Waals surface area (Å²) in [5, 5.41) is 9.19. The average Bonchev–Trinajstić information content (AvgIpc) is 2.68. The first-order valence-electron chi connectivity index (χ1n) is 6.84. The molecule has 2 bridgehead atoms. The molecule has 1 N–H and O–H groups in total. The van der Waals surface area contributed by atoms with E-state index in [0.29, 0.717) is 12.1 Å². The molecular weight excluding hydrogens is 242 g/mol. The third-order valence-electron chi connectivity index (χ3n) is 4.45. The molecule has 0 amide bonds. The summed E-state index contributed by atoms with van der Waals surface area (Å²) in [5.41, 5.74) is 1.19. The second kappa shape index (κ2) is 4.76. The Kier molecular flexibility index (Phi) is 3.09. The van der Waals surface area contributed by atoms with Crippen molar-refractivity contribution in [3.8, 4) is 5.75 Å². The number of carboxylic acids is 1. The molecule has 2 atom stereocenters. The Hall–Kier alpha value is -1.71. The first-order chi connectivity index (χ1) is 9.19. The molecule has 4 heteroatoms. The molecule has 1 aromatic rings. The van der Waals surface area contributed by atoms with E-state index in [2.05, 4.69) is 17.0 Å². The number of aliphatic carboxylic acids is 1. The molecule has 0 radical (unpaired) electrons. The van der Waals surface area contributed by atoms with Crippen molar-refractivity contribution in [1.29, 1.82) is 0 Å². The maximum atomic E-state index is 11.2. The number of fused-ring (bicyclic) bond motifs is 2. The second-order valence-corrected chi connectivity index (χ2v) is 5.50. The minimum atomic E-state index is -0.633. The van der Waals surface area contributed by atoms with Gasteiger partial charge in [-0.2, -0.15) is 0 Å². The number of carbonyl (C=O) groups is 1. The largest absolute Gasteiger partial charge is 0.497 e. The number of benzene rings is 1. The molecule has 19 heavy (non-hydrogen) atoms. The van der Waals surface area contributed by atoms with Crippen molar-refractivity contribution >= 4 is 11.7 Å². The highest BCUT2D eigenvalue weighted by Crippen LogP contribution is 2.41. The van der Waals surface area contributed by atoms with E-state index in [0.717, 1.165) is 31.4 Å². The Morgan fingerprint density at radius 2 is 1.79 bits per heavy atom. The fourth-order valence-electron chi connectivity index (χ4n) is 3.55. The molecular formula is C15H19NO3. The maximum absolute atomic E-state index is 11.2. The molecule has 0 saturated carbocycles. The summed E-state index contributed by atoms with van der Waals surface area (Å²) < 4.78 is 5.18. The normalized spacial score (nSPS) is 29.3. The Bertz CT molecular complexity index is 457.